The molecule has 0 aliphatic heterocycles. The van der Waals surface area contributed by atoms with Crippen LogP contribution in [-0.4, -0.2) is 17.4 Å². The average molecular weight is 256 g/mol. The van der Waals surface area contributed by atoms with Gasteiger partial charge in [-0.3, -0.25) is 0 Å². The Kier molecular flexibility index (Phi) is 4.60. The highest BCUT2D eigenvalue weighted by molar-refractivity contribution is 6.33. The van der Waals surface area contributed by atoms with Gasteiger partial charge >= 0.3 is 7.32 Å². The lowest BCUT2D eigenvalue weighted by atomic mass is 9.94. The second-order valence-corrected chi connectivity index (χ2v) is 4.60. The first-order valence-corrected chi connectivity index (χ1v) is 6.32. The fourth-order valence-corrected chi connectivity index (χ4v) is 2.08. The van der Waals surface area contributed by atoms with Gasteiger partial charge in [0.25, 0.3) is 0 Å². The van der Waals surface area contributed by atoms with E-state index in [0.717, 1.165) is 6.42 Å². The topological polar surface area (TPSA) is 49.7 Å². The molecular formula is C15H17BO3. The zero-order valence-electron chi connectivity index (χ0n) is 10.9. The van der Waals surface area contributed by atoms with Gasteiger partial charge in [-0.15, -0.1) is 0 Å². The van der Waals surface area contributed by atoms with Crippen molar-refractivity contribution < 1.29 is 14.7 Å². The van der Waals surface area contributed by atoms with Crippen LogP contribution < -0.4 is 4.65 Å². The molecule has 0 aliphatic carbocycles. The van der Waals surface area contributed by atoms with E-state index >= 15 is 0 Å². The second kappa shape index (κ2) is 6.41. The normalized spacial score (nSPS) is 11.9. The smallest absolute Gasteiger partial charge is 0.512 e. The predicted molar refractivity (Wildman–Crippen MR) is 75.8 cm³/mol. The third kappa shape index (κ3) is 4.12. The van der Waals surface area contributed by atoms with Crippen LogP contribution in [0.4, 0.5) is 0 Å². The first-order valence-electron chi connectivity index (χ1n) is 6.32. The van der Waals surface area contributed by atoms with Crippen molar-refractivity contribution in [2.24, 2.45) is 0 Å². The van der Waals surface area contributed by atoms with Crippen molar-refractivity contribution in [2.45, 2.75) is 19.3 Å². The molecule has 0 unspecified atom stereocenters. The minimum absolute atomic E-state index is 0.441. The highest BCUT2D eigenvalue weighted by Gasteiger charge is 2.11. The summed E-state index contributed by atoms with van der Waals surface area (Å²) in [5.41, 5.74) is 2.50. The minimum Gasteiger partial charge on any atom is -0.512 e. The van der Waals surface area contributed by atoms with Gasteiger partial charge in [0.1, 0.15) is 5.75 Å². The lowest BCUT2D eigenvalue weighted by molar-refractivity contribution is 0.288. The van der Waals surface area contributed by atoms with E-state index in [0.29, 0.717) is 11.7 Å². The molecule has 2 aromatic rings. The van der Waals surface area contributed by atoms with Crippen molar-refractivity contribution in [1.29, 1.82) is 0 Å². The van der Waals surface area contributed by atoms with Gasteiger partial charge in [0.15, 0.2) is 0 Å². The van der Waals surface area contributed by atoms with E-state index in [-0.39, 0.29) is 0 Å². The summed E-state index contributed by atoms with van der Waals surface area (Å²) in [6.07, 6.45) is 0.936. The monoisotopic (exact) mass is 256 g/mol. The summed E-state index contributed by atoms with van der Waals surface area (Å²) >= 11 is 0. The Balaban J connectivity index is 1.99. The van der Waals surface area contributed by atoms with Gasteiger partial charge in [0.2, 0.25) is 0 Å². The van der Waals surface area contributed by atoms with Crippen LogP contribution in [0.15, 0.2) is 54.6 Å². The van der Waals surface area contributed by atoms with Crippen LogP contribution >= 0.6 is 0 Å². The molecular weight excluding hydrogens is 239 g/mol. The molecule has 0 saturated carbocycles. The fourth-order valence-electron chi connectivity index (χ4n) is 2.08. The maximum absolute atomic E-state index is 8.70. The van der Waals surface area contributed by atoms with Gasteiger partial charge in [0, 0.05) is 0 Å². The molecule has 0 spiro atoms. The Bertz CT molecular complexity index is 497. The van der Waals surface area contributed by atoms with Gasteiger partial charge in [-0.05, 0) is 35.6 Å². The molecule has 0 heterocycles. The van der Waals surface area contributed by atoms with Crippen molar-refractivity contribution in [3.05, 3.63) is 65.7 Å². The molecule has 3 nitrogen and oxygen atoms in total. The molecule has 2 N–H and O–H groups in total. The minimum atomic E-state index is -1.77. The molecule has 0 aromatic heterocycles. The molecule has 0 fully saturated rings. The summed E-state index contributed by atoms with van der Waals surface area (Å²) in [6, 6.07) is 17.7. The van der Waals surface area contributed by atoms with Crippen LogP contribution in [0.2, 0.25) is 0 Å². The van der Waals surface area contributed by atoms with Crippen molar-refractivity contribution >= 4 is 7.32 Å². The van der Waals surface area contributed by atoms with Gasteiger partial charge in [0.05, 0.1) is 0 Å². The SMILES string of the molecule is C[C@H](Cc1ccc(OB(O)O)cc1)c1ccccc1. The Morgan fingerprint density at radius 2 is 1.63 bits per heavy atom. The van der Waals surface area contributed by atoms with E-state index in [9.17, 15) is 0 Å². The molecule has 2 rings (SSSR count). The zero-order valence-corrected chi connectivity index (χ0v) is 10.9. The molecule has 2 aromatic carbocycles. The molecule has 0 bridgehead atoms. The number of hydrogen-bond acceptors (Lipinski definition) is 3. The lowest BCUT2D eigenvalue weighted by Crippen LogP contribution is -2.20. The van der Waals surface area contributed by atoms with Crippen molar-refractivity contribution in [3.63, 3.8) is 0 Å². The van der Waals surface area contributed by atoms with Crippen molar-refractivity contribution in [1.82, 2.24) is 0 Å². The van der Waals surface area contributed by atoms with Gasteiger partial charge in [-0.1, -0.05) is 49.4 Å². The van der Waals surface area contributed by atoms with Crippen LogP contribution in [0.25, 0.3) is 0 Å². The van der Waals surface area contributed by atoms with Crippen LogP contribution in [0.1, 0.15) is 24.0 Å². The lowest BCUT2D eigenvalue weighted by Gasteiger charge is -2.12. The van der Waals surface area contributed by atoms with Crippen molar-refractivity contribution in [2.75, 3.05) is 0 Å². The van der Waals surface area contributed by atoms with E-state index in [2.05, 4.69) is 19.1 Å². The summed E-state index contributed by atoms with van der Waals surface area (Å²) in [5, 5.41) is 17.4. The van der Waals surface area contributed by atoms with Crippen LogP contribution in [0.5, 0.6) is 5.75 Å². The number of benzene rings is 2. The standard InChI is InChI=1S/C15H17BO3/c1-12(14-5-3-2-4-6-14)11-13-7-9-15(10-8-13)19-16(17)18/h2-10,12,17-18H,11H2,1H3/t12-/m1/s1. The third-order valence-electron chi connectivity index (χ3n) is 3.08. The Morgan fingerprint density at radius 1 is 1.00 bits per heavy atom. The largest absolute Gasteiger partial charge is 0.707 e. The van der Waals surface area contributed by atoms with E-state index in [4.69, 9.17) is 14.7 Å². The van der Waals surface area contributed by atoms with Crippen LogP contribution in [-0.2, 0) is 6.42 Å². The molecule has 0 radical (unpaired) electrons. The zero-order chi connectivity index (χ0) is 13.7. The maximum atomic E-state index is 8.70. The summed E-state index contributed by atoms with van der Waals surface area (Å²) in [5.74, 6) is 0.891. The van der Waals surface area contributed by atoms with E-state index < -0.39 is 7.32 Å². The molecule has 0 saturated heterocycles. The predicted octanol–water partition coefficient (Wildman–Crippen LogP) is 2.38. The molecule has 98 valence electrons. The first kappa shape index (κ1) is 13.7. The van der Waals surface area contributed by atoms with Gasteiger partial charge < -0.3 is 14.7 Å². The van der Waals surface area contributed by atoms with E-state index in [1.807, 2.05) is 30.3 Å². The number of rotatable bonds is 5. The van der Waals surface area contributed by atoms with Crippen LogP contribution in [0, 0.1) is 0 Å². The highest BCUT2D eigenvalue weighted by Crippen LogP contribution is 2.21. The summed E-state index contributed by atoms with van der Waals surface area (Å²) in [4.78, 5) is 0. The molecule has 19 heavy (non-hydrogen) atoms. The molecule has 0 amide bonds. The Morgan fingerprint density at radius 3 is 2.21 bits per heavy atom. The summed E-state index contributed by atoms with van der Waals surface area (Å²) in [6.45, 7) is 2.19. The number of hydrogen-bond donors (Lipinski definition) is 2. The summed E-state index contributed by atoms with van der Waals surface area (Å²) < 4.78 is 4.77. The Labute approximate surface area is 113 Å². The summed E-state index contributed by atoms with van der Waals surface area (Å²) in [7, 11) is -1.77. The van der Waals surface area contributed by atoms with Gasteiger partial charge in [-0.25, -0.2) is 0 Å². The molecule has 1 atom stereocenters. The Hall–Kier alpha value is -1.78. The fraction of sp³-hybridized carbons (Fsp3) is 0.200. The van der Waals surface area contributed by atoms with Crippen molar-refractivity contribution in [3.8, 4) is 5.75 Å². The second-order valence-electron chi connectivity index (χ2n) is 4.60. The van der Waals surface area contributed by atoms with Crippen LogP contribution in [0.3, 0.4) is 0 Å². The van der Waals surface area contributed by atoms with E-state index in [1.54, 1.807) is 12.1 Å². The van der Waals surface area contributed by atoms with Gasteiger partial charge in [-0.2, -0.15) is 0 Å². The quantitative estimate of drug-likeness (QED) is 0.807. The molecule has 4 heteroatoms. The first-order chi connectivity index (χ1) is 9.15. The molecule has 0 aliphatic rings. The van der Waals surface area contributed by atoms with E-state index in [1.165, 1.54) is 11.1 Å². The maximum Gasteiger partial charge on any atom is 0.707 e. The third-order valence-corrected chi connectivity index (χ3v) is 3.08. The highest BCUT2D eigenvalue weighted by atomic mass is 16.6. The average Bonchev–Trinajstić information content (AvgIpc) is 2.41.